The number of rotatable bonds is 3. The molecular weight excluding hydrogens is 223 g/mol. The van der Waals surface area contributed by atoms with Crippen LogP contribution in [0.5, 0.6) is 0 Å². The molecule has 0 unspecified atom stereocenters. The van der Waals surface area contributed by atoms with E-state index in [1.807, 2.05) is 0 Å². The van der Waals surface area contributed by atoms with Crippen molar-refractivity contribution in [1.29, 1.82) is 0 Å². The molecule has 0 radical (unpaired) electrons. The predicted molar refractivity (Wildman–Crippen MR) is 65.9 cm³/mol. The topological polar surface area (TPSA) is 38.9 Å². The fourth-order valence-corrected chi connectivity index (χ4v) is 2.49. The summed E-state index contributed by atoms with van der Waals surface area (Å²) in [7, 11) is 0. The van der Waals surface area contributed by atoms with Gasteiger partial charge in [0.15, 0.2) is 0 Å². The minimum atomic E-state index is -0.275. The molecule has 2 nitrogen and oxygen atoms in total. The number of anilines is 1. The van der Waals surface area contributed by atoms with Gasteiger partial charge in [0, 0.05) is 5.56 Å². The summed E-state index contributed by atoms with van der Waals surface area (Å²) in [6, 6.07) is 6.58. The molecule has 16 heavy (non-hydrogen) atoms. The Morgan fingerprint density at radius 2 is 2.12 bits per heavy atom. The molecule has 0 aliphatic rings. The van der Waals surface area contributed by atoms with Crippen molar-refractivity contribution in [3.05, 3.63) is 35.1 Å². The smallest absolute Gasteiger partial charge is 0.132 e. The van der Waals surface area contributed by atoms with Crippen LogP contribution in [0.1, 0.15) is 18.4 Å². The molecule has 2 aromatic rings. The van der Waals surface area contributed by atoms with Crippen LogP contribution in [0, 0.1) is 5.82 Å². The van der Waals surface area contributed by atoms with Crippen LogP contribution in [0.2, 0.25) is 0 Å². The lowest BCUT2D eigenvalue weighted by Crippen LogP contribution is -1.89. The van der Waals surface area contributed by atoms with Crippen molar-refractivity contribution >= 4 is 16.3 Å². The third-order valence-electron chi connectivity index (χ3n) is 2.29. The maximum Gasteiger partial charge on any atom is 0.132 e. The molecule has 0 fully saturated rings. The molecule has 0 aliphatic carbocycles. The molecular formula is C12H13FN2S. The number of halogens is 1. The van der Waals surface area contributed by atoms with Gasteiger partial charge in [-0.3, -0.25) is 0 Å². The summed E-state index contributed by atoms with van der Waals surface area (Å²) in [5.41, 5.74) is 6.92. The Balaban J connectivity index is 2.44. The zero-order valence-corrected chi connectivity index (χ0v) is 9.85. The Morgan fingerprint density at radius 3 is 2.81 bits per heavy atom. The Labute approximate surface area is 97.9 Å². The number of hydrogen-bond acceptors (Lipinski definition) is 3. The van der Waals surface area contributed by atoms with E-state index < -0.39 is 0 Å². The third-order valence-corrected chi connectivity index (χ3v) is 3.23. The molecule has 0 aliphatic heterocycles. The summed E-state index contributed by atoms with van der Waals surface area (Å²) in [6.45, 7) is 2.08. The Morgan fingerprint density at radius 1 is 1.38 bits per heavy atom. The highest BCUT2D eigenvalue weighted by Crippen LogP contribution is 2.32. The van der Waals surface area contributed by atoms with Gasteiger partial charge in [0.2, 0.25) is 0 Å². The van der Waals surface area contributed by atoms with Crippen LogP contribution in [0.4, 0.5) is 9.39 Å². The highest BCUT2D eigenvalue weighted by molar-refractivity contribution is 7.16. The first-order valence-electron chi connectivity index (χ1n) is 5.22. The van der Waals surface area contributed by atoms with Crippen LogP contribution in [-0.4, -0.2) is 4.98 Å². The van der Waals surface area contributed by atoms with Gasteiger partial charge in [0.25, 0.3) is 0 Å². The van der Waals surface area contributed by atoms with Gasteiger partial charge in [0.1, 0.15) is 16.5 Å². The van der Waals surface area contributed by atoms with Gasteiger partial charge < -0.3 is 5.73 Å². The van der Waals surface area contributed by atoms with Crippen molar-refractivity contribution in [2.45, 2.75) is 19.8 Å². The van der Waals surface area contributed by atoms with E-state index in [1.165, 1.54) is 17.4 Å². The van der Waals surface area contributed by atoms with E-state index in [0.29, 0.717) is 16.3 Å². The van der Waals surface area contributed by atoms with Crippen molar-refractivity contribution in [3.63, 3.8) is 0 Å². The second-order valence-corrected chi connectivity index (χ2v) is 4.67. The van der Waals surface area contributed by atoms with Crippen LogP contribution in [0.3, 0.4) is 0 Å². The van der Waals surface area contributed by atoms with Gasteiger partial charge in [-0.25, -0.2) is 9.37 Å². The lowest BCUT2D eigenvalue weighted by Gasteiger charge is -1.99. The summed E-state index contributed by atoms with van der Waals surface area (Å²) in [5, 5.41) is 1.56. The van der Waals surface area contributed by atoms with E-state index in [2.05, 4.69) is 11.9 Å². The second kappa shape index (κ2) is 4.61. The average Bonchev–Trinajstić information content (AvgIpc) is 2.61. The number of nitrogen functional groups attached to an aromatic ring is 1. The van der Waals surface area contributed by atoms with Crippen LogP contribution in [0.15, 0.2) is 24.3 Å². The summed E-state index contributed by atoms with van der Waals surface area (Å²) in [5.74, 6) is -0.275. The number of benzene rings is 1. The molecule has 1 aromatic carbocycles. The van der Waals surface area contributed by atoms with Crippen molar-refractivity contribution in [3.8, 4) is 11.3 Å². The normalized spacial score (nSPS) is 10.6. The van der Waals surface area contributed by atoms with Crippen molar-refractivity contribution < 1.29 is 4.39 Å². The van der Waals surface area contributed by atoms with Gasteiger partial charge in [-0.05, 0) is 25.0 Å². The van der Waals surface area contributed by atoms with Crippen LogP contribution in [-0.2, 0) is 6.42 Å². The average molecular weight is 236 g/mol. The first-order valence-corrected chi connectivity index (χ1v) is 6.04. The van der Waals surface area contributed by atoms with Crippen LogP contribution in [0.25, 0.3) is 11.3 Å². The minimum absolute atomic E-state index is 0.275. The number of hydrogen-bond donors (Lipinski definition) is 1. The molecule has 4 heteroatoms. The van der Waals surface area contributed by atoms with Gasteiger partial charge in [0.05, 0.1) is 5.01 Å². The third kappa shape index (κ3) is 2.07. The molecule has 0 spiro atoms. The summed E-state index contributed by atoms with van der Waals surface area (Å²) >= 11 is 1.44. The molecule has 2 N–H and O–H groups in total. The molecule has 0 saturated carbocycles. The summed E-state index contributed by atoms with van der Waals surface area (Å²) in [4.78, 5) is 4.38. The van der Waals surface area contributed by atoms with Gasteiger partial charge in [-0.1, -0.05) is 19.1 Å². The van der Waals surface area contributed by atoms with E-state index in [9.17, 15) is 4.39 Å². The number of nitrogens with two attached hydrogens (primary N) is 1. The quantitative estimate of drug-likeness (QED) is 0.886. The van der Waals surface area contributed by atoms with Crippen molar-refractivity contribution in [2.75, 3.05) is 5.73 Å². The maximum atomic E-state index is 13.6. The predicted octanol–water partition coefficient (Wildman–Crippen LogP) is 3.48. The fourth-order valence-electron chi connectivity index (χ4n) is 1.54. The van der Waals surface area contributed by atoms with Gasteiger partial charge >= 0.3 is 0 Å². The van der Waals surface area contributed by atoms with Crippen molar-refractivity contribution in [2.24, 2.45) is 0 Å². The second-order valence-electron chi connectivity index (χ2n) is 3.55. The monoisotopic (exact) mass is 236 g/mol. The maximum absolute atomic E-state index is 13.6. The lowest BCUT2D eigenvalue weighted by molar-refractivity contribution is 0.631. The zero-order chi connectivity index (χ0) is 11.5. The molecule has 0 amide bonds. The number of aromatic nitrogens is 1. The highest BCUT2D eigenvalue weighted by Gasteiger charge is 2.13. The molecule has 2 rings (SSSR count). The number of aryl methyl sites for hydroxylation is 1. The first-order chi connectivity index (χ1) is 7.72. The molecule has 84 valence electrons. The zero-order valence-electron chi connectivity index (χ0n) is 9.03. The van der Waals surface area contributed by atoms with E-state index in [4.69, 9.17) is 5.73 Å². The Bertz CT molecular complexity index is 494. The standard InChI is InChI=1S/C12H13FN2S/c1-2-5-10-15-11(12(14)16-10)8-6-3-4-7-9(8)13/h3-4,6-7H,2,5,14H2,1H3. The first kappa shape index (κ1) is 11.1. The Hall–Kier alpha value is -1.42. The van der Waals surface area contributed by atoms with Gasteiger partial charge in [-0.2, -0.15) is 0 Å². The fraction of sp³-hybridized carbons (Fsp3) is 0.250. The van der Waals surface area contributed by atoms with E-state index in [1.54, 1.807) is 18.2 Å². The largest absolute Gasteiger partial charge is 0.389 e. The lowest BCUT2D eigenvalue weighted by atomic mass is 10.1. The molecule has 1 aromatic heterocycles. The Kier molecular flexibility index (Phi) is 3.19. The van der Waals surface area contributed by atoms with E-state index >= 15 is 0 Å². The van der Waals surface area contributed by atoms with Gasteiger partial charge in [-0.15, -0.1) is 11.3 Å². The molecule has 0 atom stereocenters. The highest BCUT2D eigenvalue weighted by atomic mass is 32.1. The molecule has 0 saturated heterocycles. The van der Waals surface area contributed by atoms with E-state index in [-0.39, 0.29) is 5.82 Å². The SMILES string of the molecule is CCCc1nc(-c2ccccc2F)c(N)s1. The summed E-state index contributed by atoms with van der Waals surface area (Å²) < 4.78 is 13.6. The minimum Gasteiger partial charge on any atom is -0.389 e. The molecule has 0 bridgehead atoms. The van der Waals surface area contributed by atoms with Crippen molar-refractivity contribution in [1.82, 2.24) is 4.98 Å². The van der Waals surface area contributed by atoms with E-state index in [0.717, 1.165) is 17.8 Å². The number of thiazole rings is 1. The summed E-state index contributed by atoms with van der Waals surface area (Å²) in [6.07, 6.45) is 1.91. The number of nitrogens with zero attached hydrogens (tertiary/aromatic N) is 1. The van der Waals surface area contributed by atoms with Crippen LogP contribution >= 0.6 is 11.3 Å². The van der Waals surface area contributed by atoms with Crippen LogP contribution < -0.4 is 5.73 Å². The molecule has 1 heterocycles.